The molecule has 0 fully saturated rings. The van der Waals surface area contributed by atoms with Crippen molar-refractivity contribution in [3.8, 4) is 23.6 Å². The number of rotatable bonds is 15. The highest BCUT2D eigenvalue weighted by Crippen LogP contribution is 2.35. The third-order valence-electron chi connectivity index (χ3n) is 6.87. The molecule has 0 radical (unpaired) electrons. The SMILES string of the molecule is C/C=C(\C#N)c1cc(C)c(/C(C#N)=C/c2cc(C)c(C)cc2OCCCCCC)cc1OCCCCCC. The number of allylic oxidation sites excluding steroid dienone is 3. The maximum absolute atomic E-state index is 10.2. The molecule has 0 spiro atoms. The molecular formula is C34H44N2O2. The molecule has 0 heterocycles. The van der Waals surface area contributed by atoms with Crippen molar-refractivity contribution in [1.82, 2.24) is 0 Å². The first-order chi connectivity index (χ1) is 18.4. The molecule has 0 saturated carbocycles. The van der Waals surface area contributed by atoms with E-state index in [0.717, 1.165) is 65.7 Å². The van der Waals surface area contributed by atoms with Gasteiger partial charge in [0.25, 0.3) is 0 Å². The molecule has 0 N–H and O–H groups in total. The van der Waals surface area contributed by atoms with E-state index in [1.54, 1.807) is 6.08 Å². The van der Waals surface area contributed by atoms with Crippen molar-refractivity contribution >= 4 is 17.2 Å². The van der Waals surface area contributed by atoms with Gasteiger partial charge in [0.05, 0.1) is 36.5 Å². The van der Waals surface area contributed by atoms with E-state index in [1.807, 2.05) is 32.1 Å². The van der Waals surface area contributed by atoms with Crippen molar-refractivity contribution in [3.63, 3.8) is 0 Å². The third-order valence-corrected chi connectivity index (χ3v) is 6.87. The summed E-state index contributed by atoms with van der Waals surface area (Å²) in [5.41, 5.74) is 6.83. The van der Waals surface area contributed by atoms with Crippen LogP contribution in [0, 0.1) is 43.4 Å². The van der Waals surface area contributed by atoms with Gasteiger partial charge in [0.15, 0.2) is 0 Å². The summed E-state index contributed by atoms with van der Waals surface area (Å²) < 4.78 is 12.4. The molecule has 202 valence electrons. The molecule has 0 bridgehead atoms. The van der Waals surface area contributed by atoms with Crippen molar-refractivity contribution in [1.29, 1.82) is 10.5 Å². The number of aryl methyl sites for hydroxylation is 3. The number of ether oxygens (including phenoxy) is 2. The van der Waals surface area contributed by atoms with Crippen molar-refractivity contribution in [2.45, 2.75) is 92.9 Å². The molecule has 0 aromatic heterocycles. The van der Waals surface area contributed by atoms with Gasteiger partial charge in [-0.15, -0.1) is 0 Å². The lowest BCUT2D eigenvalue weighted by molar-refractivity contribution is 0.304. The fraction of sp³-hybridized carbons (Fsp3) is 0.471. The Kier molecular flexibility index (Phi) is 13.2. The normalized spacial score (nSPS) is 11.7. The zero-order valence-corrected chi connectivity index (χ0v) is 24.2. The van der Waals surface area contributed by atoms with Gasteiger partial charge in [0.1, 0.15) is 11.5 Å². The topological polar surface area (TPSA) is 66.0 Å². The summed E-state index contributed by atoms with van der Waals surface area (Å²) in [6.45, 7) is 13.6. The highest BCUT2D eigenvalue weighted by Gasteiger charge is 2.16. The quantitative estimate of drug-likeness (QED) is 0.135. The standard InChI is InChI=1S/C34H44N2O2/c1-7-10-12-14-16-37-33-20-26(5)25(4)18-29(33)21-30(24-36)31-22-34(38-17-15-13-11-8-2)32(19-27(31)6)28(9-3)23-35/h9,18-22H,7-8,10-17H2,1-6H3/b28-9+,30-21+. The van der Waals surface area contributed by atoms with Crippen LogP contribution >= 0.6 is 0 Å². The molecule has 0 amide bonds. The first-order valence-electron chi connectivity index (χ1n) is 14.1. The Morgan fingerprint density at radius 2 is 1.26 bits per heavy atom. The van der Waals surface area contributed by atoms with Crippen LogP contribution in [0.5, 0.6) is 11.5 Å². The van der Waals surface area contributed by atoms with Crippen molar-refractivity contribution in [3.05, 3.63) is 63.7 Å². The van der Waals surface area contributed by atoms with Crippen LogP contribution in [0.1, 0.15) is 106 Å². The summed E-state index contributed by atoms with van der Waals surface area (Å²) in [6.07, 6.45) is 12.7. The lowest BCUT2D eigenvalue weighted by atomic mass is 9.93. The van der Waals surface area contributed by atoms with Crippen molar-refractivity contribution in [2.75, 3.05) is 13.2 Å². The molecular weight excluding hydrogens is 468 g/mol. The maximum Gasteiger partial charge on any atom is 0.128 e. The van der Waals surface area contributed by atoms with Gasteiger partial charge in [-0.05, 0) is 93.1 Å². The number of nitriles is 2. The first kappa shape index (κ1) is 30.7. The van der Waals surface area contributed by atoms with Crippen LogP contribution in [-0.2, 0) is 0 Å². The van der Waals surface area contributed by atoms with E-state index in [0.29, 0.717) is 30.1 Å². The molecule has 38 heavy (non-hydrogen) atoms. The Morgan fingerprint density at radius 1 is 0.684 bits per heavy atom. The number of nitrogens with zero attached hydrogens (tertiary/aromatic N) is 2. The van der Waals surface area contributed by atoms with Gasteiger partial charge in [-0.1, -0.05) is 58.4 Å². The van der Waals surface area contributed by atoms with E-state index in [4.69, 9.17) is 9.47 Å². The zero-order valence-electron chi connectivity index (χ0n) is 24.2. The predicted octanol–water partition coefficient (Wildman–Crippen LogP) is 9.52. The van der Waals surface area contributed by atoms with Crippen LogP contribution in [-0.4, -0.2) is 13.2 Å². The lowest BCUT2D eigenvalue weighted by Gasteiger charge is -2.16. The Labute approximate surface area is 230 Å². The van der Waals surface area contributed by atoms with Gasteiger partial charge < -0.3 is 9.47 Å². The van der Waals surface area contributed by atoms with Crippen LogP contribution in [0.25, 0.3) is 17.2 Å². The molecule has 0 aliphatic heterocycles. The number of hydrogen-bond donors (Lipinski definition) is 0. The summed E-state index contributed by atoms with van der Waals surface area (Å²) in [5.74, 6) is 1.45. The minimum Gasteiger partial charge on any atom is -0.493 e. The van der Waals surface area contributed by atoms with E-state index in [-0.39, 0.29) is 0 Å². The average Bonchev–Trinajstić information content (AvgIpc) is 2.91. The van der Waals surface area contributed by atoms with E-state index in [1.165, 1.54) is 24.8 Å². The van der Waals surface area contributed by atoms with E-state index < -0.39 is 0 Å². The summed E-state index contributed by atoms with van der Waals surface area (Å²) >= 11 is 0. The fourth-order valence-electron chi connectivity index (χ4n) is 4.39. The molecule has 2 rings (SSSR count). The van der Waals surface area contributed by atoms with E-state index in [2.05, 4.69) is 52.0 Å². The van der Waals surface area contributed by atoms with Gasteiger partial charge in [-0.3, -0.25) is 0 Å². The smallest absolute Gasteiger partial charge is 0.128 e. The van der Waals surface area contributed by atoms with Crippen LogP contribution < -0.4 is 9.47 Å². The second-order valence-electron chi connectivity index (χ2n) is 9.94. The van der Waals surface area contributed by atoms with Gasteiger partial charge in [0, 0.05) is 11.1 Å². The van der Waals surface area contributed by atoms with Gasteiger partial charge in [-0.25, -0.2) is 0 Å². The lowest BCUT2D eigenvalue weighted by Crippen LogP contribution is -2.03. The molecule has 4 heteroatoms. The molecule has 2 aromatic carbocycles. The van der Waals surface area contributed by atoms with E-state index in [9.17, 15) is 10.5 Å². The molecule has 0 unspecified atom stereocenters. The highest BCUT2D eigenvalue weighted by molar-refractivity contribution is 5.93. The first-order valence-corrected chi connectivity index (χ1v) is 14.1. The monoisotopic (exact) mass is 512 g/mol. The molecule has 2 aromatic rings. The minimum absolute atomic E-state index is 0.544. The number of benzene rings is 2. The fourth-order valence-corrected chi connectivity index (χ4v) is 4.39. The molecule has 0 saturated heterocycles. The van der Waals surface area contributed by atoms with Gasteiger partial charge >= 0.3 is 0 Å². The highest BCUT2D eigenvalue weighted by atomic mass is 16.5. The zero-order chi connectivity index (χ0) is 27.9. The summed E-state index contributed by atoms with van der Waals surface area (Å²) in [7, 11) is 0. The van der Waals surface area contributed by atoms with Crippen molar-refractivity contribution in [2.24, 2.45) is 0 Å². The summed E-state index contributed by atoms with van der Waals surface area (Å²) in [4.78, 5) is 0. The number of hydrogen-bond acceptors (Lipinski definition) is 4. The van der Waals surface area contributed by atoms with Gasteiger partial charge in [-0.2, -0.15) is 10.5 Å². The molecule has 0 aliphatic rings. The predicted molar refractivity (Wildman–Crippen MR) is 159 cm³/mol. The second-order valence-corrected chi connectivity index (χ2v) is 9.94. The van der Waals surface area contributed by atoms with Crippen LogP contribution in [0.3, 0.4) is 0 Å². The second kappa shape index (κ2) is 16.4. The van der Waals surface area contributed by atoms with Crippen LogP contribution in [0.15, 0.2) is 30.3 Å². The largest absolute Gasteiger partial charge is 0.493 e. The Bertz CT molecular complexity index is 1210. The maximum atomic E-state index is 10.2. The average molecular weight is 513 g/mol. The number of unbranched alkanes of at least 4 members (excludes halogenated alkanes) is 6. The molecule has 0 atom stereocenters. The Hall–Kier alpha value is -3.50. The molecule has 0 aliphatic carbocycles. The Morgan fingerprint density at radius 3 is 1.82 bits per heavy atom. The molecule has 4 nitrogen and oxygen atoms in total. The Balaban J connectivity index is 2.49. The van der Waals surface area contributed by atoms with Crippen molar-refractivity contribution < 1.29 is 9.47 Å². The van der Waals surface area contributed by atoms with E-state index >= 15 is 0 Å². The minimum atomic E-state index is 0.544. The summed E-state index contributed by atoms with van der Waals surface area (Å²) in [5, 5.41) is 19.9. The van der Waals surface area contributed by atoms with Gasteiger partial charge in [0.2, 0.25) is 0 Å². The third kappa shape index (κ3) is 8.81. The van der Waals surface area contributed by atoms with Crippen LogP contribution in [0.2, 0.25) is 0 Å². The summed E-state index contributed by atoms with van der Waals surface area (Å²) in [6, 6.07) is 12.7. The van der Waals surface area contributed by atoms with Crippen LogP contribution in [0.4, 0.5) is 0 Å².